The van der Waals surface area contributed by atoms with Gasteiger partial charge in [-0.2, -0.15) is 4.39 Å². The molecule has 0 saturated heterocycles. The second kappa shape index (κ2) is 7.53. The van der Waals surface area contributed by atoms with Crippen molar-refractivity contribution in [1.29, 1.82) is 0 Å². The molecule has 2 heterocycles. The van der Waals surface area contributed by atoms with E-state index in [0.29, 0.717) is 5.39 Å². The van der Waals surface area contributed by atoms with Crippen molar-refractivity contribution in [3.63, 3.8) is 0 Å². The number of halogens is 1. The molecule has 0 bridgehead atoms. The summed E-state index contributed by atoms with van der Waals surface area (Å²) in [6.45, 7) is 0. The average molecular weight is 423 g/mol. The molecule has 4 rings (SSSR count). The van der Waals surface area contributed by atoms with E-state index in [-0.39, 0.29) is 21.7 Å². The van der Waals surface area contributed by atoms with Gasteiger partial charge in [-0.15, -0.1) is 0 Å². The van der Waals surface area contributed by atoms with Crippen molar-refractivity contribution >= 4 is 38.3 Å². The average Bonchev–Trinajstić information content (AvgIpc) is 3.16. The van der Waals surface area contributed by atoms with Gasteiger partial charge < -0.3 is 5.32 Å². The molecular formula is C21H14FN3O4S. The van der Waals surface area contributed by atoms with Crippen LogP contribution in [-0.4, -0.2) is 29.1 Å². The highest BCUT2D eigenvalue weighted by Crippen LogP contribution is 2.26. The SMILES string of the molecule is O=C(Nc1ccc(F)nc1)C(=O)c1cn(S(=O)(=O)c2ccccc2)c2ccccc12. The van der Waals surface area contributed by atoms with Crippen molar-refractivity contribution in [2.75, 3.05) is 5.32 Å². The molecule has 2 aromatic heterocycles. The summed E-state index contributed by atoms with van der Waals surface area (Å²) in [5.74, 6) is -2.66. The standard InChI is InChI=1S/C21H14FN3O4S/c22-19-11-10-14(12-23-19)24-21(27)20(26)17-13-25(18-9-5-4-8-16(17)18)30(28,29)15-6-2-1-3-7-15/h1-13H,(H,24,27). The van der Waals surface area contributed by atoms with E-state index < -0.39 is 27.7 Å². The monoisotopic (exact) mass is 423 g/mol. The van der Waals surface area contributed by atoms with Gasteiger partial charge >= 0.3 is 0 Å². The van der Waals surface area contributed by atoms with E-state index in [2.05, 4.69) is 10.3 Å². The van der Waals surface area contributed by atoms with Crippen molar-refractivity contribution in [2.24, 2.45) is 0 Å². The topological polar surface area (TPSA) is 98.1 Å². The first kappa shape index (κ1) is 19.5. The number of benzene rings is 2. The highest BCUT2D eigenvalue weighted by atomic mass is 32.2. The normalized spacial score (nSPS) is 11.4. The van der Waals surface area contributed by atoms with E-state index in [1.165, 1.54) is 18.2 Å². The van der Waals surface area contributed by atoms with Gasteiger partial charge in [0.25, 0.3) is 21.7 Å². The summed E-state index contributed by atoms with van der Waals surface area (Å²) in [6.07, 6.45) is 2.21. The summed E-state index contributed by atoms with van der Waals surface area (Å²) in [7, 11) is -3.99. The Balaban J connectivity index is 1.76. The third-order valence-electron chi connectivity index (χ3n) is 4.41. The molecule has 0 fully saturated rings. The minimum Gasteiger partial charge on any atom is -0.318 e. The minimum atomic E-state index is -3.99. The van der Waals surface area contributed by atoms with Gasteiger partial charge in [-0.05, 0) is 30.3 Å². The van der Waals surface area contributed by atoms with Crippen molar-refractivity contribution in [3.05, 3.63) is 90.6 Å². The molecule has 4 aromatic rings. The van der Waals surface area contributed by atoms with Crippen LogP contribution in [0.2, 0.25) is 0 Å². The molecule has 7 nitrogen and oxygen atoms in total. The maximum absolute atomic E-state index is 13.1. The minimum absolute atomic E-state index is 0.0478. The first-order chi connectivity index (χ1) is 14.4. The lowest BCUT2D eigenvalue weighted by Crippen LogP contribution is -2.23. The number of aromatic nitrogens is 2. The molecule has 0 aliphatic heterocycles. The summed E-state index contributed by atoms with van der Waals surface area (Å²) in [6, 6.07) is 16.5. The Bertz CT molecular complexity index is 1360. The second-order valence-electron chi connectivity index (χ2n) is 6.33. The number of rotatable bonds is 5. The zero-order valence-corrected chi connectivity index (χ0v) is 16.1. The molecular weight excluding hydrogens is 409 g/mol. The van der Waals surface area contributed by atoms with E-state index in [4.69, 9.17) is 0 Å². The molecule has 0 spiro atoms. The van der Waals surface area contributed by atoms with Gasteiger partial charge in [0.15, 0.2) is 0 Å². The third kappa shape index (κ3) is 3.46. The lowest BCUT2D eigenvalue weighted by Gasteiger charge is -2.07. The third-order valence-corrected chi connectivity index (χ3v) is 6.10. The number of hydrogen-bond acceptors (Lipinski definition) is 5. The van der Waals surface area contributed by atoms with Crippen LogP contribution in [0.25, 0.3) is 10.9 Å². The highest BCUT2D eigenvalue weighted by Gasteiger charge is 2.26. The van der Waals surface area contributed by atoms with Crippen LogP contribution in [0.15, 0.2) is 84.0 Å². The van der Waals surface area contributed by atoms with Gasteiger partial charge in [-0.1, -0.05) is 36.4 Å². The quantitative estimate of drug-likeness (QED) is 0.302. The van der Waals surface area contributed by atoms with E-state index >= 15 is 0 Å². The predicted octanol–water partition coefficient (Wildman–Crippen LogP) is 3.23. The lowest BCUT2D eigenvalue weighted by molar-refractivity contribution is -0.112. The number of pyridine rings is 1. The molecule has 30 heavy (non-hydrogen) atoms. The molecule has 1 amide bonds. The predicted molar refractivity (Wildman–Crippen MR) is 108 cm³/mol. The number of Topliss-reactive ketones (excluding diaryl/α,β-unsaturated/α-hetero) is 1. The Morgan fingerprint density at radius 3 is 2.33 bits per heavy atom. The van der Waals surface area contributed by atoms with Crippen LogP contribution >= 0.6 is 0 Å². The molecule has 9 heteroatoms. The Morgan fingerprint density at radius 1 is 0.933 bits per heavy atom. The zero-order chi connectivity index (χ0) is 21.3. The largest absolute Gasteiger partial charge is 0.318 e. The van der Waals surface area contributed by atoms with Gasteiger partial charge in [0.1, 0.15) is 0 Å². The summed E-state index contributed by atoms with van der Waals surface area (Å²) < 4.78 is 40.1. The number of ketones is 1. The summed E-state index contributed by atoms with van der Waals surface area (Å²) in [5.41, 5.74) is 0.328. The Kier molecular flexibility index (Phi) is 4.88. The van der Waals surface area contributed by atoms with Gasteiger partial charge in [0, 0.05) is 11.6 Å². The summed E-state index contributed by atoms with van der Waals surface area (Å²) in [4.78, 5) is 28.7. The number of nitrogens with zero attached hydrogens (tertiary/aromatic N) is 2. The van der Waals surface area contributed by atoms with E-state index in [0.717, 1.165) is 22.4 Å². The number of fused-ring (bicyclic) bond motifs is 1. The summed E-state index contributed by atoms with van der Waals surface area (Å²) in [5, 5.41) is 2.65. The van der Waals surface area contributed by atoms with Crippen molar-refractivity contribution in [2.45, 2.75) is 4.90 Å². The van der Waals surface area contributed by atoms with Crippen molar-refractivity contribution in [1.82, 2.24) is 8.96 Å². The number of carbonyl (C=O) groups is 2. The number of carbonyl (C=O) groups excluding carboxylic acids is 2. The smallest absolute Gasteiger partial charge is 0.296 e. The number of hydrogen-bond donors (Lipinski definition) is 1. The maximum atomic E-state index is 13.1. The number of nitrogens with one attached hydrogen (secondary N) is 1. The lowest BCUT2D eigenvalue weighted by atomic mass is 10.1. The second-order valence-corrected chi connectivity index (χ2v) is 8.14. The Labute approximate surface area is 170 Å². The molecule has 0 unspecified atom stereocenters. The van der Waals surface area contributed by atoms with Crippen LogP contribution in [0, 0.1) is 5.95 Å². The Morgan fingerprint density at radius 2 is 1.63 bits per heavy atom. The fourth-order valence-electron chi connectivity index (χ4n) is 3.00. The van der Waals surface area contributed by atoms with Crippen molar-refractivity contribution < 1.29 is 22.4 Å². The first-order valence-corrected chi connectivity index (χ1v) is 10.2. The van der Waals surface area contributed by atoms with Gasteiger partial charge in [-0.3, -0.25) is 9.59 Å². The van der Waals surface area contributed by atoms with Crippen LogP contribution in [0.1, 0.15) is 10.4 Å². The molecule has 0 aliphatic carbocycles. The van der Waals surface area contributed by atoms with E-state index in [1.54, 1.807) is 42.5 Å². The van der Waals surface area contributed by atoms with Crippen LogP contribution in [0.4, 0.5) is 10.1 Å². The molecule has 2 aromatic carbocycles. The molecule has 0 radical (unpaired) electrons. The fourth-order valence-corrected chi connectivity index (χ4v) is 4.39. The zero-order valence-electron chi connectivity index (χ0n) is 15.3. The van der Waals surface area contributed by atoms with Crippen LogP contribution < -0.4 is 5.32 Å². The van der Waals surface area contributed by atoms with E-state index in [9.17, 15) is 22.4 Å². The van der Waals surface area contributed by atoms with Crippen molar-refractivity contribution in [3.8, 4) is 0 Å². The van der Waals surface area contributed by atoms with E-state index in [1.807, 2.05) is 0 Å². The van der Waals surface area contributed by atoms with Crippen LogP contribution in [0.5, 0.6) is 0 Å². The molecule has 1 N–H and O–H groups in total. The first-order valence-electron chi connectivity index (χ1n) is 8.76. The highest BCUT2D eigenvalue weighted by molar-refractivity contribution is 7.90. The van der Waals surface area contributed by atoms with Gasteiger partial charge in [0.05, 0.1) is 27.9 Å². The van der Waals surface area contributed by atoms with Crippen LogP contribution in [0.3, 0.4) is 0 Å². The number of amides is 1. The Hall–Kier alpha value is -3.85. The number of para-hydroxylation sites is 1. The fraction of sp³-hybridized carbons (Fsp3) is 0. The van der Waals surface area contributed by atoms with Crippen LogP contribution in [-0.2, 0) is 14.8 Å². The van der Waals surface area contributed by atoms with Gasteiger partial charge in [0.2, 0.25) is 5.95 Å². The molecule has 0 aliphatic rings. The maximum Gasteiger partial charge on any atom is 0.296 e. The molecule has 0 saturated carbocycles. The molecule has 0 atom stereocenters. The summed E-state index contributed by atoms with van der Waals surface area (Å²) >= 11 is 0. The molecule has 150 valence electrons. The number of anilines is 1. The van der Waals surface area contributed by atoms with Gasteiger partial charge in [-0.25, -0.2) is 17.4 Å².